The van der Waals surface area contributed by atoms with Gasteiger partial charge in [0.2, 0.25) is 0 Å². The largest absolute Gasteiger partial charge is 1.00 e. The minimum Gasteiger partial charge on any atom is -1.00 e. The van der Waals surface area contributed by atoms with Gasteiger partial charge >= 0.3 is 304 Å². The van der Waals surface area contributed by atoms with Gasteiger partial charge in [0.25, 0.3) is 0 Å². The van der Waals surface area contributed by atoms with E-state index in [0.29, 0.717) is 35.5 Å². The van der Waals surface area contributed by atoms with E-state index < -0.39 is 8.07 Å². The van der Waals surface area contributed by atoms with E-state index in [1.165, 1.54) is 51.8 Å². The van der Waals surface area contributed by atoms with Gasteiger partial charge in [-0.1, -0.05) is 0 Å². The van der Waals surface area contributed by atoms with Crippen molar-refractivity contribution in [1.82, 2.24) is 0 Å². The summed E-state index contributed by atoms with van der Waals surface area (Å²) in [5, 5.41) is 4.70. The van der Waals surface area contributed by atoms with Gasteiger partial charge in [0, 0.05) is 0 Å². The molecule has 0 nitrogen and oxygen atoms in total. The van der Waals surface area contributed by atoms with Crippen molar-refractivity contribution in [2.45, 2.75) is 148 Å². The van der Waals surface area contributed by atoms with Gasteiger partial charge in [0.05, 0.1) is 0 Å². The zero-order valence-electron chi connectivity index (χ0n) is 33.1. The molecule has 1 aliphatic carbocycles. The van der Waals surface area contributed by atoms with Gasteiger partial charge in [-0.25, -0.2) is 0 Å². The first-order valence-corrected chi connectivity index (χ1v) is 21.4. The van der Waals surface area contributed by atoms with Crippen molar-refractivity contribution in [2.75, 3.05) is 0 Å². The monoisotopic (exact) mass is 784 g/mol. The first kappa shape index (κ1) is 47.0. The Morgan fingerprint density at radius 1 is 0.500 bits per heavy atom. The normalized spacial score (nSPS) is 16.0. The van der Waals surface area contributed by atoms with Crippen LogP contribution in [0, 0.1) is 0 Å². The predicted molar refractivity (Wildman–Crippen MR) is 208 cm³/mol. The molecule has 4 rings (SSSR count). The Labute approximate surface area is 338 Å². The summed E-state index contributed by atoms with van der Waals surface area (Å²) in [5.41, 5.74) is 10.3. The Bertz CT molecular complexity index is 1380. The van der Waals surface area contributed by atoms with Crippen LogP contribution < -0.4 is 52.8 Å². The van der Waals surface area contributed by atoms with Crippen molar-refractivity contribution in [3.05, 3.63) is 112 Å². The Balaban J connectivity index is 0.00000417. The van der Waals surface area contributed by atoms with Crippen molar-refractivity contribution >= 4 is 23.6 Å². The van der Waals surface area contributed by atoms with E-state index in [-0.39, 0.29) is 40.6 Å². The van der Waals surface area contributed by atoms with Crippen molar-refractivity contribution in [3.8, 4) is 0 Å². The number of halogens is 3. The molecule has 0 amide bonds. The van der Waals surface area contributed by atoms with Gasteiger partial charge in [0.15, 0.2) is 0 Å². The van der Waals surface area contributed by atoms with Gasteiger partial charge in [0.1, 0.15) is 0 Å². The van der Waals surface area contributed by atoms with E-state index >= 15 is 0 Å². The number of hydrogen-bond donors (Lipinski definition) is 0. The fourth-order valence-electron chi connectivity index (χ4n) is 7.29. The maximum absolute atomic E-state index is 2.82. The Hall–Kier alpha value is -1.06. The second kappa shape index (κ2) is 19.3. The number of benzene rings is 3. The summed E-state index contributed by atoms with van der Waals surface area (Å²) < 4.78 is -0.131. The summed E-state index contributed by atoms with van der Waals surface area (Å²) in [4.78, 5) is 0. The summed E-state index contributed by atoms with van der Waals surface area (Å²) in [7, 11) is -2.82. The molecule has 5 heteroatoms. The average molecular weight is 786 g/mol. The van der Waals surface area contributed by atoms with Crippen molar-refractivity contribution in [3.63, 3.8) is 0 Å². The fourth-order valence-corrected chi connectivity index (χ4v) is 15.2. The van der Waals surface area contributed by atoms with Crippen LogP contribution in [0.25, 0.3) is 0 Å². The first-order chi connectivity index (χ1) is 22.0. The molecule has 0 saturated carbocycles. The Morgan fingerprint density at radius 3 is 1.02 bits per heavy atom. The van der Waals surface area contributed by atoms with E-state index in [4.69, 9.17) is 0 Å². The average Bonchev–Trinajstić information content (AvgIpc) is 3.41. The molecule has 1 aliphatic rings. The summed E-state index contributed by atoms with van der Waals surface area (Å²) in [5.74, 6) is 2.77. The second-order valence-corrected chi connectivity index (χ2v) is 22.5. The molecule has 0 aromatic heterocycles. The topological polar surface area (TPSA) is 0 Å². The smallest absolute Gasteiger partial charge is 1.00 e. The van der Waals surface area contributed by atoms with Crippen molar-refractivity contribution in [1.29, 1.82) is 0 Å². The van der Waals surface area contributed by atoms with Crippen LogP contribution in [0.5, 0.6) is 0 Å². The minimum absolute atomic E-state index is 0. The van der Waals surface area contributed by atoms with Crippen LogP contribution in [-0.4, -0.2) is 8.07 Å². The third-order valence-corrected chi connectivity index (χ3v) is 17.9. The molecule has 0 fully saturated rings. The van der Waals surface area contributed by atoms with E-state index in [1.807, 2.05) is 0 Å². The van der Waals surface area contributed by atoms with Crippen molar-refractivity contribution < 1.29 is 57.7 Å². The van der Waals surface area contributed by atoms with Gasteiger partial charge in [-0.15, -0.1) is 0 Å². The zero-order valence-corrected chi connectivity index (χ0v) is 38.0. The molecule has 3 aromatic carbocycles. The molecular weight excluding hydrogens is 723 g/mol. The quantitative estimate of drug-likeness (QED) is 0.185. The number of rotatable bonds is 13. The van der Waals surface area contributed by atoms with E-state index in [0.717, 1.165) is 6.42 Å². The van der Waals surface area contributed by atoms with E-state index in [2.05, 4.69) is 183 Å². The molecule has 50 heavy (non-hydrogen) atoms. The number of allylic oxidation sites excluding steroid dienone is 4. The zero-order chi connectivity index (χ0) is 34.8. The summed E-state index contributed by atoms with van der Waals surface area (Å²) in [6, 6.07) is 23.4. The molecular formula is C45H63Cl3SiTi. The summed E-state index contributed by atoms with van der Waals surface area (Å²) in [6.07, 6.45) is 11.5. The Morgan fingerprint density at radius 2 is 0.780 bits per heavy atom. The van der Waals surface area contributed by atoms with Crippen LogP contribution >= 0.6 is 0 Å². The molecule has 0 radical (unpaired) electrons. The number of hydrogen-bond acceptors (Lipinski definition) is 0. The standard InChI is InChI=1S/C45H63Si.3ClH.Ti/c1-14-15-16-35-17-18-42(19-35)46(43-23-36(29(2)3)20-37(24-43)30(4)5,44-25-38(31(6)7)21-39(26-44)32(8)9)45-27-40(33(10)11)22-41(28-45)34(12)13;;;;/h17-34H,14-16H2,1-13H3;3*1H;/q;;;;+3/p-3. The molecule has 1 atom stereocenters. The van der Waals surface area contributed by atoms with Gasteiger partial charge < -0.3 is 37.2 Å². The summed E-state index contributed by atoms with van der Waals surface area (Å²) >= 11 is 2.60. The molecule has 0 aliphatic heterocycles. The molecule has 0 saturated heterocycles. The minimum atomic E-state index is -2.82. The SMILES string of the molecule is CCCCC1=C[C]([Ti+3])([Si](c2cc(C(C)C)cc(C(C)C)c2)(c2cc(C(C)C)cc(C(C)C)c2)c2cc(C(C)C)cc(C(C)C)c2)C=C1.[Cl-].[Cl-].[Cl-]. The van der Waals surface area contributed by atoms with Gasteiger partial charge in [-0.3, -0.25) is 0 Å². The van der Waals surface area contributed by atoms with E-state index in [9.17, 15) is 0 Å². The molecule has 0 spiro atoms. The van der Waals surface area contributed by atoms with Crippen LogP contribution in [-0.2, 0) is 20.4 Å². The van der Waals surface area contributed by atoms with E-state index in [1.54, 1.807) is 15.6 Å². The maximum Gasteiger partial charge on any atom is -1.00 e. The van der Waals surface area contributed by atoms with Crippen LogP contribution in [0.3, 0.4) is 0 Å². The second-order valence-electron chi connectivity index (χ2n) is 16.4. The number of unbranched alkanes of at least 4 members (excludes halogenated alkanes) is 1. The van der Waals surface area contributed by atoms with Gasteiger partial charge in [-0.2, -0.15) is 0 Å². The maximum atomic E-state index is 2.72. The molecule has 0 N–H and O–H groups in total. The molecule has 0 bridgehead atoms. The van der Waals surface area contributed by atoms with Crippen LogP contribution in [0.15, 0.2) is 78.4 Å². The first-order valence-electron chi connectivity index (χ1n) is 18.7. The van der Waals surface area contributed by atoms with Crippen LogP contribution in [0.2, 0.25) is 3.34 Å². The van der Waals surface area contributed by atoms with Gasteiger partial charge in [-0.05, 0) is 0 Å². The van der Waals surface area contributed by atoms with Crippen LogP contribution in [0.1, 0.15) is 178 Å². The Kier molecular flexibility index (Phi) is 18.1. The third-order valence-electron chi connectivity index (χ3n) is 10.6. The fraction of sp³-hybridized carbons (Fsp3) is 0.511. The van der Waals surface area contributed by atoms with Crippen LogP contribution in [0.4, 0.5) is 0 Å². The molecule has 272 valence electrons. The third kappa shape index (κ3) is 9.72. The predicted octanol–water partition coefficient (Wildman–Crippen LogP) is 2.84. The molecule has 0 heterocycles. The molecule has 3 aromatic rings. The summed E-state index contributed by atoms with van der Waals surface area (Å²) in [6.45, 7) is 30.8. The molecule has 1 unspecified atom stereocenters. The van der Waals surface area contributed by atoms with Crippen molar-refractivity contribution in [2.24, 2.45) is 0 Å².